The third kappa shape index (κ3) is 4.13. The molecule has 0 unspecified atom stereocenters. The van der Waals surface area contributed by atoms with Gasteiger partial charge in [0.15, 0.2) is 0 Å². The largest absolute Gasteiger partial charge is 0.367 e. The summed E-state index contributed by atoms with van der Waals surface area (Å²) in [5, 5.41) is 4.37. The van der Waals surface area contributed by atoms with E-state index in [2.05, 4.69) is 10.2 Å². The van der Waals surface area contributed by atoms with Crippen molar-refractivity contribution in [1.29, 1.82) is 0 Å². The van der Waals surface area contributed by atoms with Crippen LogP contribution in [0.5, 0.6) is 0 Å². The van der Waals surface area contributed by atoms with Gasteiger partial charge in [-0.1, -0.05) is 47.5 Å². The highest BCUT2D eigenvalue weighted by Gasteiger charge is 2.22. The maximum Gasteiger partial charge on any atom is 0.317 e. The zero-order valence-electron chi connectivity index (χ0n) is 13.2. The maximum atomic E-state index is 12.3. The minimum Gasteiger partial charge on any atom is -0.367 e. The van der Waals surface area contributed by atoms with Crippen molar-refractivity contribution in [3.8, 4) is 0 Å². The van der Waals surface area contributed by atoms with Crippen molar-refractivity contribution in [2.75, 3.05) is 31.1 Å². The quantitative estimate of drug-likeness (QED) is 0.893. The van der Waals surface area contributed by atoms with E-state index in [4.69, 9.17) is 23.2 Å². The molecule has 1 saturated heterocycles. The zero-order chi connectivity index (χ0) is 16.9. The molecule has 0 radical (unpaired) electrons. The van der Waals surface area contributed by atoms with Crippen molar-refractivity contribution in [2.45, 2.75) is 6.54 Å². The number of carbonyl (C=O) groups excluding carboxylic acids is 1. The van der Waals surface area contributed by atoms with E-state index in [1.807, 2.05) is 53.4 Å². The molecule has 1 aliphatic heterocycles. The molecule has 0 aromatic heterocycles. The first-order chi connectivity index (χ1) is 11.6. The molecule has 4 nitrogen and oxygen atoms in total. The summed E-state index contributed by atoms with van der Waals surface area (Å²) < 4.78 is 0. The van der Waals surface area contributed by atoms with E-state index in [0.717, 1.165) is 29.4 Å². The summed E-state index contributed by atoms with van der Waals surface area (Å²) in [5.41, 5.74) is 2.02. The van der Waals surface area contributed by atoms with Crippen LogP contribution in [0.2, 0.25) is 10.0 Å². The van der Waals surface area contributed by atoms with Crippen LogP contribution in [0.1, 0.15) is 5.56 Å². The number of para-hydroxylation sites is 1. The predicted molar refractivity (Wildman–Crippen MR) is 98.9 cm³/mol. The van der Waals surface area contributed by atoms with Crippen molar-refractivity contribution in [3.05, 3.63) is 64.1 Å². The molecule has 1 fully saturated rings. The lowest BCUT2D eigenvalue weighted by Crippen LogP contribution is -2.51. The lowest BCUT2D eigenvalue weighted by Gasteiger charge is -2.36. The summed E-state index contributed by atoms with van der Waals surface area (Å²) in [7, 11) is 0. The molecule has 1 aliphatic rings. The van der Waals surface area contributed by atoms with Gasteiger partial charge < -0.3 is 15.1 Å². The molecule has 0 spiro atoms. The smallest absolute Gasteiger partial charge is 0.317 e. The minimum absolute atomic E-state index is 0.0474. The first-order valence-electron chi connectivity index (χ1n) is 7.90. The Morgan fingerprint density at radius 1 is 1.00 bits per heavy atom. The first-order valence-corrected chi connectivity index (χ1v) is 8.66. The third-order valence-corrected chi connectivity index (χ3v) is 4.65. The summed E-state index contributed by atoms with van der Waals surface area (Å²) in [6, 6.07) is 15.3. The molecule has 1 N–H and O–H groups in total. The van der Waals surface area contributed by atoms with E-state index in [0.29, 0.717) is 24.7 Å². The van der Waals surface area contributed by atoms with Gasteiger partial charge in [-0.3, -0.25) is 0 Å². The highest BCUT2D eigenvalue weighted by Crippen LogP contribution is 2.26. The lowest BCUT2D eigenvalue weighted by molar-refractivity contribution is 0.194. The van der Waals surface area contributed by atoms with Crippen LogP contribution >= 0.6 is 23.2 Å². The van der Waals surface area contributed by atoms with Gasteiger partial charge in [-0.05, 0) is 29.8 Å². The van der Waals surface area contributed by atoms with Gasteiger partial charge in [-0.25, -0.2) is 4.79 Å². The van der Waals surface area contributed by atoms with E-state index in [1.165, 1.54) is 0 Å². The fraction of sp³-hybridized carbons (Fsp3) is 0.278. The van der Waals surface area contributed by atoms with Crippen molar-refractivity contribution in [2.24, 2.45) is 0 Å². The summed E-state index contributed by atoms with van der Waals surface area (Å²) in [5.74, 6) is 0. The highest BCUT2D eigenvalue weighted by atomic mass is 35.5. The predicted octanol–water partition coefficient (Wildman–Crippen LogP) is 4.03. The normalized spacial score (nSPS) is 14.6. The Kier molecular flexibility index (Phi) is 5.48. The second kappa shape index (κ2) is 7.77. The number of amides is 2. The van der Waals surface area contributed by atoms with Crippen LogP contribution in [-0.4, -0.2) is 37.1 Å². The molecule has 0 bridgehead atoms. The fourth-order valence-electron chi connectivity index (χ4n) is 2.80. The molecular formula is C18H19Cl2N3O. The molecular weight excluding hydrogens is 345 g/mol. The van der Waals surface area contributed by atoms with Gasteiger partial charge in [-0.2, -0.15) is 0 Å². The standard InChI is InChI=1S/C18H19Cl2N3O/c19-15-5-3-4-14(12-15)13-21-18(24)23-10-8-22(9-11-23)17-7-2-1-6-16(17)20/h1-7,12H,8-11,13H2,(H,21,24). The van der Waals surface area contributed by atoms with E-state index < -0.39 is 0 Å². The van der Waals surface area contributed by atoms with Crippen LogP contribution in [0.4, 0.5) is 10.5 Å². The van der Waals surface area contributed by atoms with E-state index in [-0.39, 0.29) is 6.03 Å². The molecule has 6 heteroatoms. The number of urea groups is 1. The van der Waals surface area contributed by atoms with Crippen LogP contribution < -0.4 is 10.2 Å². The number of nitrogens with zero attached hydrogens (tertiary/aromatic N) is 2. The fourth-order valence-corrected chi connectivity index (χ4v) is 3.26. The second-order valence-electron chi connectivity index (χ2n) is 5.71. The SMILES string of the molecule is O=C(NCc1cccc(Cl)c1)N1CCN(c2ccccc2Cl)CC1. The summed E-state index contributed by atoms with van der Waals surface area (Å²) in [4.78, 5) is 16.3. The Labute approximate surface area is 152 Å². The summed E-state index contributed by atoms with van der Waals surface area (Å²) >= 11 is 12.2. The number of nitrogens with one attached hydrogen (secondary N) is 1. The van der Waals surface area contributed by atoms with E-state index >= 15 is 0 Å². The zero-order valence-corrected chi connectivity index (χ0v) is 14.7. The Morgan fingerprint density at radius 3 is 2.46 bits per heavy atom. The molecule has 24 heavy (non-hydrogen) atoms. The second-order valence-corrected chi connectivity index (χ2v) is 6.56. The first kappa shape index (κ1) is 16.9. The number of piperazine rings is 1. The van der Waals surface area contributed by atoms with Crippen molar-refractivity contribution in [1.82, 2.24) is 10.2 Å². The Bertz CT molecular complexity index is 715. The Morgan fingerprint density at radius 2 is 1.75 bits per heavy atom. The topological polar surface area (TPSA) is 35.6 Å². The molecule has 3 rings (SSSR count). The van der Waals surface area contributed by atoms with Crippen molar-refractivity contribution >= 4 is 34.9 Å². The Balaban J connectivity index is 1.51. The molecule has 1 heterocycles. The van der Waals surface area contributed by atoms with Crippen LogP contribution in [-0.2, 0) is 6.54 Å². The molecule has 0 aliphatic carbocycles. The number of carbonyl (C=O) groups is 1. The van der Waals surface area contributed by atoms with Gasteiger partial charge in [0.1, 0.15) is 0 Å². The molecule has 2 aromatic rings. The van der Waals surface area contributed by atoms with E-state index in [1.54, 1.807) is 0 Å². The maximum absolute atomic E-state index is 12.3. The number of benzene rings is 2. The van der Waals surface area contributed by atoms with Gasteiger partial charge in [0.2, 0.25) is 0 Å². The molecule has 0 atom stereocenters. The molecule has 2 aromatic carbocycles. The van der Waals surface area contributed by atoms with Gasteiger partial charge >= 0.3 is 6.03 Å². The number of hydrogen-bond donors (Lipinski definition) is 1. The minimum atomic E-state index is -0.0474. The van der Waals surface area contributed by atoms with Gasteiger partial charge in [0, 0.05) is 37.7 Å². The van der Waals surface area contributed by atoms with Crippen molar-refractivity contribution < 1.29 is 4.79 Å². The highest BCUT2D eigenvalue weighted by molar-refractivity contribution is 6.33. The number of hydrogen-bond acceptors (Lipinski definition) is 2. The lowest BCUT2D eigenvalue weighted by atomic mass is 10.2. The van der Waals surface area contributed by atoms with Gasteiger partial charge in [0.05, 0.1) is 10.7 Å². The number of halogens is 2. The molecule has 126 valence electrons. The molecule has 0 saturated carbocycles. The third-order valence-electron chi connectivity index (χ3n) is 4.09. The number of anilines is 1. The summed E-state index contributed by atoms with van der Waals surface area (Å²) in [6.07, 6.45) is 0. The van der Waals surface area contributed by atoms with Crippen LogP contribution in [0, 0.1) is 0 Å². The molecule has 2 amide bonds. The monoisotopic (exact) mass is 363 g/mol. The van der Waals surface area contributed by atoms with Crippen LogP contribution in [0.3, 0.4) is 0 Å². The summed E-state index contributed by atoms with van der Waals surface area (Å²) in [6.45, 7) is 3.37. The Hall–Kier alpha value is -1.91. The average Bonchev–Trinajstić information content (AvgIpc) is 2.60. The van der Waals surface area contributed by atoms with Crippen molar-refractivity contribution in [3.63, 3.8) is 0 Å². The van der Waals surface area contributed by atoms with Gasteiger partial charge in [-0.15, -0.1) is 0 Å². The van der Waals surface area contributed by atoms with Crippen LogP contribution in [0.25, 0.3) is 0 Å². The van der Waals surface area contributed by atoms with Gasteiger partial charge in [0.25, 0.3) is 0 Å². The number of rotatable bonds is 3. The average molecular weight is 364 g/mol. The van der Waals surface area contributed by atoms with Crippen LogP contribution in [0.15, 0.2) is 48.5 Å². The van der Waals surface area contributed by atoms with E-state index in [9.17, 15) is 4.79 Å².